The molecule has 1 aromatic carbocycles. The summed E-state index contributed by atoms with van der Waals surface area (Å²) >= 11 is 3.17. The predicted octanol–water partition coefficient (Wildman–Crippen LogP) is 4.21. The van der Waals surface area contributed by atoms with Crippen LogP contribution in [0.15, 0.2) is 29.2 Å². The molecule has 28 heavy (non-hydrogen) atoms. The van der Waals surface area contributed by atoms with E-state index in [1.807, 2.05) is 30.5 Å². The second kappa shape index (κ2) is 7.98. The molecule has 0 bridgehead atoms. The number of fused-ring (bicyclic) bond motifs is 1. The quantitative estimate of drug-likeness (QED) is 0.765. The van der Waals surface area contributed by atoms with Gasteiger partial charge in [-0.05, 0) is 61.8 Å². The van der Waals surface area contributed by atoms with Crippen LogP contribution in [0, 0.1) is 17.2 Å². The number of carbonyl (C=O) groups is 2. The average Bonchev–Trinajstić information content (AvgIpc) is 3.28. The molecule has 2 aliphatic rings. The summed E-state index contributed by atoms with van der Waals surface area (Å²) in [6.07, 6.45) is 6.32. The number of thiophene rings is 1. The van der Waals surface area contributed by atoms with E-state index in [1.54, 1.807) is 16.7 Å². The number of nitriles is 1. The molecule has 2 aromatic rings. The number of aryl methyl sites for hydroxylation is 1. The van der Waals surface area contributed by atoms with Gasteiger partial charge in [0.05, 0.1) is 11.5 Å². The number of rotatable bonds is 4. The maximum absolute atomic E-state index is 12.8. The van der Waals surface area contributed by atoms with Crippen LogP contribution >= 0.6 is 23.1 Å². The Morgan fingerprint density at radius 1 is 1.29 bits per heavy atom. The fourth-order valence-electron chi connectivity index (χ4n) is 3.88. The Labute approximate surface area is 172 Å². The van der Waals surface area contributed by atoms with Crippen molar-refractivity contribution in [3.63, 3.8) is 0 Å². The highest BCUT2D eigenvalue weighted by molar-refractivity contribution is 7.98. The molecule has 2 amide bonds. The monoisotopic (exact) mass is 411 g/mol. The van der Waals surface area contributed by atoms with E-state index >= 15 is 0 Å². The summed E-state index contributed by atoms with van der Waals surface area (Å²) in [7, 11) is 0. The lowest BCUT2D eigenvalue weighted by Crippen LogP contribution is -2.28. The third-order valence-corrected chi connectivity index (χ3v) is 7.35. The molecule has 0 saturated carbocycles. The third-order valence-electron chi connectivity index (χ3n) is 5.40. The lowest BCUT2D eigenvalue weighted by Gasteiger charge is -2.17. The van der Waals surface area contributed by atoms with Gasteiger partial charge in [0, 0.05) is 28.4 Å². The smallest absolute Gasteiger partial charge is 0.230 e. The molecule has 1 aliphatic heterocycles. The molecule has 1 aromatic heterocycles. The fraction of sp³-hybridized carbons (Fsp3) is 0.381. The number of carbonyl (C=O) groups excluding carboxylic acids is 2. The highest BCUT2D eigenvalue weighted by Gasteiger charge is 2.36. The van der Waals surface area contributed by atoms with Gasteiger partial charge < -0.3 is 10.2 Å². The maximum atomic E-state index is 12.8. The third kappa shape index (κ3) is 3.54. The van der Waals surface area contributed by atoms with Crippen molar-refractivity contribution in [2.45, 2.75) is 37.0 Å². The van der Waals surface area contributed by atoms with Crippen molar-refractivity contribution >= 4 is 45.6 Å². The van der Waals surface area contributed by atoms with Crippen molar-refractivity contribution in [1.29, 1.82) is 5.26 Å². The van der Waals surface area contributed by atoms with Crippen molar-refractivity contribution < 1.29 is 9.59 Å². The molecular formula is C21H21N3O2S2. The molecule has 7 heteroatoms. The first kappa shape index (κ1) is 19.0. The second-order valence-corrected chi connectivity index (χ2v) is 9.10. The lowest BCUT2D eigenvalue weighted by molar-refractivity contribution is -0.122. The van der Waals surface area contributed by atoms with E-state index in [0.717, 1.165) is 41.8 Å². The van der Waals surface area contributed by atoms with Gasteiger partial charge in [-0.1, -0.05) is 0 Å². The molecule has 1 N–H and O–H groups in total. The summed E-state index contributed by atoms with van der Waals surface area (Å²) in [6.45, 7) is 0.371. The van der Waals surface area contributed by atoms with Crippen LogP contribution in [0.3, 0.4) is 0 Å². The number of hydrogen-bond acceptors (Lipinski definition) is 5. The van der Waals surface area contributed by atoms with Crippen LogP contribution in [-0.4, -0.2) is 24.6 Å². The van der Waals surface area contributed by atoms with E-state index in [-0.39, 0.29) is 18.2 Å². The molecule has 1 fully saturated rings. The molecule has 1 saturated heterocycles. The van der Waals surface area contributed by atoms with Crippen molar-refractivity contribution in [3.05, 3.63) is 40.3 Å². The summed E-state index contributed by atoms with van der Waals surface area (Å²) in [5.74, 6) is -0.617. The fourth-order valence-corrected chi connectivity index (χ4v) is 5.53. The van der Waals surface area contributed by atoms with Crippen LogP contribution in [0.1, 0.15) is 35.3 Å². The first-order valence-corrected chi connectivity index (χ1v) is 11.4. The lowest BCUT2D eigenvalue weighted by atomic mass is 9.96. The highest BCUT2D eigenvalue weighted by Crippen LogP contribution is 2.38. The Morgan fingerprint density at radius 2 is 2.04 bits per heavy atom. The van der Waals surface area contributed by atoms with Crippen molar-refractivity contribution in [2.75, 3.05) is 23.0 Å². The standard InChI is InChI=1S/C21H21N3O2S2/c1-27-15-8-6-14(7-9-15)24-12-13(10-19(24)25)20(26)23-21-17(11-22)16-4-2-3-5-18(16)28-21/h6-9,13H,2-5,10,12H2,1H3,(H,23,26). The number of nitrogens with zero attached hydrogens (tertiary/aromatic N) is 2. The minimum absolute atomic E-state index is 0.0389. The van der Waals surface area contributed by atoms with Crippen molar-refractivity contribution in [2.24, 2.45) is 5.92 Å². The van der Waals surface area contributed by atoms with Crippen LogP contribution in [0.2, 0.25) is 0 Å². The molecule has 0 radical (unpaired) electrons. The van der Waals surface area contributed by atoms with Gasteiger partial charge in [-0.2, -0.15) is 5.26 Å². The minimum Gasteiger partial charge on any atom is -0.316 e. The Bertz CT molecular complexity index is 959. The predicted molar refractivity (Wildman–Crippen MR) is 113 cm³/mol. The van der Waals surface area contributed by atoms with Gasteiger partial charge in [0.15, 0.2) is 0 Å². The SMILES string of the molecule is CSc1ccc(N2CC(C(=O)Nc3sc4c(c3C#N)CCCC4)CC2=O)cc1. The Balaban J connectivity index is 1.48. The zero-order chi connectivity index (χ0) is 19.7. The molecule has 144 valence electrons. The van der Waals surface area contributed by atoms with Gasteiger partial charge in [0.25, 0.3) is 0 Å². The Kier molecular flexibility index (Phi) is 5.42. The van der Waals surface area contributed by atoms with Crippen molar-refractivity contribution in [3.8, 4) is 6.07 Å². The van der Waals surface area contributed by atoms with Crippen LogP contribution in [0.5, 0.6) is 0 Å². The van der Waals surface area contributed by atoms with Crippen molar-refractivity contribution in [1.82, 2.24) is 0 Å². The molecule has 0 spiro atoms. The van der Waals surface area contributed by atoms with E-state index in [1.165, 1.54) is 16.2 Å². The summed E-state index contributed by atoms with van der Waals surface area (Å²) in [5, 5.41) is 13.2. The van der Waals surface area contributed by atoms with Crippen LogP contribution in [0.25, 0.3) is 0 Å². The van der Waals surface area contributed by atoms with Gasteiger partial charge in [-0.25, -0.2) is 0 Å². The van der Waals surface area contributed by atoms with Crippen LogP contribution in [0.4, 0.5) is 10.7 Å². The maximum Gasteiger partial charge on any atom is 0.230 e. The number of amides is 2. The Morgan fingerprint density at radius 3 is 2.75 bits per heavy atom. The molecular weight excluding hydrogens is 390 g/mol. The largest absolute Gasteiger partial charge is 0.316 e. The number of anilines is 2. The Hall–Kier alpha value is -2.30. The first-order valence-electron chi connectivity index (χ1n) is 9.40. The molecule has 2 heterocycles. The first-order chi connectivity index (χ1) is 13.6. The van der Waals surface area contributed by atoms with E-state index in [0.29, 0.717) is 17.1 Å². The van der Waals surface area contributed by atoms with Gasteiger partial charge in [0.2, 0.25) is 11.8 Å². The second-order valence-electron chi connectivity index (χ2n) is 7.12. The molecule has 1 atom stereocenters. The number of nitrogens with one attached hydrogen (secondary N) is 1. The minimum atomic E-state index is -0.404. The molecule has 4 rings (SSSR count). The summed E-state index contributed by atoms with van der Waals surface area (Å²) in [4.78, 5) is 29.3. The molecule has 1 aliphatic carbocycles. The van der Waals surface area contributed by atoms with E-state index in [9.17, 15) is 14.9 Å². The van der Waals surface area contributed by atoms with Gasteiger partial charge in [0.1, 0.15) is 11.1 Å². The van der Waals surface area contributed by atoms with Crippen LogP contribution < -0.4 is 10.2 Å². The molecule has 1 unspecified atom stereocenters. The van der Waals surface area contributed by atoms with E-state index in [2.05, 4.69) is 11.4 Å². The number of hydrogen-bond donors (Lipinski definition) is 1. The van der Waals surface area contributed by atoms with Gasteiger partial charge >= 0.3 is 0 Å². The summed E-state index contributed by atoms with van der Waals surface area (Å²) in [6, 6.07) is 10.1. The van der Waals surface area contributed by atoms with Crippen LogP contribution in [-0.2, 0) is 22.4 Å². The number of thioether (sulfide) groups is 1. The van der Waals surface area contributed by atoms with E-state index in [4.69, 9.17) is 0 Å². The number of benzene rings is 1. The molecule has 5 nitrogen and oxygen atoms in total. The highest BCUT2D eigenvalue weighted by atomic mass is 32.2. The zero-order valence-corrected chi connectivity index (χ0v) is 17.3. The zero-order valence-electron chi connectivity index (χ0n) is 15.7. The topological polar surface area (TPSA) is 73.2 Å². The average molecular weight is 412 g/mol. The van der Waals surface area contributed by atoms with Gasteiger partial charge in [-0.3, -0.25) is 9.59 Å². The van der Waals surface area contributed by atoms with E-state index < -0.39 is 5.92 Å². The van der Waals surface area contributed by atoms with Gasteiger partial charge in [-0.15, -0.1) is 23.1 Å². The summed E-state index contributed by atoms with van der Waals surface area (Å²) < 4.78 is 0. The normalized spacial score (nSPS) is 18.6. The summed E-state index contributed by atoms with van der Waals surface area (Å²) in [5.41, 5.74) is 2.54.